The van der Waals surface area contributed by atoms with E-state index in [4.69, 9.17) is 9.47 Å². The summed E-state index contributed by atoms with van der Waals surface area (Å²) in [4.78, 5) is 12.7. The number of sulfonamides is 1. The fraction of sp³-hybridized carbons (Fsp3) is 0.0909. The van der Waals surface area contributed by atoms with Crippen molar-refractivity contribution in [1.29, 1.82) is 0 Å². The fourth-order valence-electron chi connectivity index (χ4n) is 3.01. The first kappa shape index (κ1) is 23.3. The topological polar surface area (TPSA) is 97.3 Å². The molecule has 0 spiro atoms. The molecule has 0 radical (unpaired) electrons. The molecule has 3 aromatic carbocycles. The third kappa shape index (κ3) is 5.37. The standard InChI is InChI=1S/C22H17Br2N3O5S/c23-16-6-8-17(9-7-16)27(33(29,30)18-4-2-1-3-5-18)13-22(28)26-25-12-15-10-20-21(11-19(15)24)32-14-31-20/h1-12H,13-14H2,(H,26,28)/b25-12-. The maximum Gasteiger partial charge on any atom is 0.264 e. The van der Waals surface area contributed by atoms with E-state index in [-0.39, 0.29) is 11.7 Å². The van der Waals surface area contributed by atoms with Gasteiger partial charge in [0.15, 0.2) is 11.5 Å². The molecule has 0 fully saturated rings. The lowest BCUT2D eigenvalue weighted by atomic mass is 10.2. The molecule has 4 rings (SSSR count). The van der Waals surface area contributed by atoms with Gasteiger partial charge < -0.3 is 9.47 Å². The number of nitrogens with zero attached hydrogens (tertiary/aromatic N) is 2. The molecule has 33 heavy (non-hydrogen) atoms. The molecule has 0 bridgehead atoms. The average Bonchev–Trinajstić information content (AvgIpc) is 3.26. The number of nitrogens with one attached hydrogen (secondary N) is 1. The Morgan fingerprint density at radius 2 is 1.70 bits per heavy atom. The Hall–Kier alpha value is -2.89. The summed E-state index contributed by atoms with van der Waals surface area (Å²) in [6, 6.07) is 18.0. The molecule has 0 aliphatic carbocycles. The smallest absolute Gasteiger partial charge is 0.264 e. The number of fused-ring (bicyclic) bond motifs is 1. The number of hydrazone groups is 1. The molecule has 11 heteroatoms. The summed E-state index contributed by atoms with van der Waals surface area (Å²) in [5.41, 5.74) is 3.38. The van der Waals surface area contributed by atoms with Crippen LogP contribution in [-0.4, -0.2) is 33.9 Å². The molecule has 0 aromatic heterocycles. The molecule has 1 heterocycles. The lowest BCUT2D eigenvalue weighted by Gasteiger charge is -2.23. The van der Waals surface area contributed by atoms with Crippen molar-refractivity contribution in [3.05, 3.63) is 81.2 Å². The van der Waals surface area contributed by atoms with Crippen LogP contribution in [0.25, 0.3) is 0 Å². The zero-order chi connectivity index (χ0) is 23.4. The van der Waals surface area contributed by atoms with Gasteiger partial charge in [-0.2, -0.15) is 5.10 Å². The average molecular weight is 595 g/mol. The van der Waals surface area contributed by atoms with E-state index >= 15 is 0 Å². The maximum atomic E-state index is 13.3. The molecule has 0 saturated heterocycles. The van der Waals surface area contributed by atoms with Crippen LogP contribution in [0.1, 0.15) is 5.56 Å². The molecule has 3 aromatic rings. The van der Waals surface area contributed by atoms with Gasteiger partial charge in [0.1, 0.15) is 6.54 Å². The van der Waals surface area contributed by atoms with E-state index in [2.05, 4.69) is 42.4 Å². The van der Waals surface area contributed by atoms with Crippen LogP contribution in [0.5, 0.6) is 11.5 Å². The van der Waals surface area contributed by atoms with Crippen LogP contribution in [-0.2, 0) is 14.8 Å². The van der Waals surface area contributed by atoms with Gasteiger partial charge >= 0.3 is 0 Å². The SMILES string of the molecule is O=C(CN(c1ccc(Br)cc1)S(=O)(=O)c1ccccc1)N/N=C\c1cc2c(cc1Br)OCO2. The van der Waals surface area contributed by atoms with Crippen molar-refractivity contribution in [2.24, 2.45) is 5.10 Å². The lowest BCUT2D eigenvalue weighted by molar-refractivity contribution is -0.119. The van der Waals surface area contributed by atoms with Gasteiger partial charge in [-0.3, -0.25) is 9.10 Å². The normalized spacial score (nSPS) is 12.7. The summed E-state index contributed by atoms with van der Waals surface area (Å²) >= 11 is 6.75. The van der Waals surface area contributed by atoms with Crippen LogP contribution in [0, 0.1) is 0 Å². The highest BCUT2D eigenvalue weighted by Crippen LogP contribution is 2.36. The summed E-state index contributed by atoms with van der Waals surface area (Å²) < 4.78 is 39.7. The van der Waals surface area contributed by atoms with Crippen molar-refractivity contribution in [3.63, 3.8) is 0 Å². The second-order valence-electron chi connectivity index (χ2n) is 6.82. The summed E-state index contributed by atoms with van der Waals surface area (Å²) in [7, 11) is -3.99. The van der Waals surface area contributed by atoms with E-state index in [1.165, 1.54) is 18.3 Å². The van der Waals surface area contributed by atoms with E-state index in [1.807, 2.05) is 0 Å². The number of anilines is 1. The third-order valence-corrected chi connectivity index (χ3v) is 7.62. The van der Waals surface area contributed by atoms with E-state index in [0.717, 1.165) is 8.78 Å². The lowest BCUT2D eigenvalue weighted by Crippen LogP contribution is -2.39. The van der Waals surface area contributed by atoms with Gasteiger partial charge in [-0.15, -0.1) is 0 Å². The van der Waals surface area contributed by atoms with Crippen molar-refractivity contribution >= 4 is 59.7 Å². The molecule has 1 aliphatic rings. The summed E-state index contributed by atoms with van der Waals surface area (Å²) in [6.45, 7) is -0.320. The minimum absolute atomic E-state index is 0.0773. The number of halogens is 2. The maximum absolute atomic E-state index is 13.3. The van der Waals surface area contributed by atoms with Gasteiger partial charge in [-0.05, 0) is 64.5 Å². The highest BCUT2D eigenvalue weighted by Gasteiger charge is 2.27. The summed E-state index contributed by atoms with van der Waals surface area (Å²) in [5, 5.41) is 3.96. The molecule has 1 aliphatic heterocycles. The van der Waals surface area contributed by atoms with Crippen LogP contribution in [0.4, 0.5) is 5.69 Å². The second-order valence-corrected chi connectivity index (χ2v) is 10.5. The van der Waals surface area contributed by atoms with Gasteiger partial charge in [0.05, 0.1) is 16.8 Å². The number of benzene rings is 3. The highest BCUT2D eigenvalue weighted by atomic mass is 79.9. The van der Waals surface area contributed by atoms with E-state index in [9.17, 15) is 13.2 Å². The Morgan fingerprint density at radius 1 is 1.03 bits per heavy atom. The van der Waals surface area contributed by atoms with Crippen molar-refractivity contribution in [3.8, 4) is 11.5 Å². The number of carbonyl (C=O) groups is 1. The molecule has 170 valence electrons. The molecular weight excluding hydrogens is 578 g/mol. The molecule has 0 saturated carbocycles. The number of hydrogen-bond donors (Lipinski definition) is 1. The number of ether oxygens (including phenoxy) is 2. The predicted molar refractivity (Wildman–Crippen MR) is 131 cm³/mol. The Morgan fingerprint density at radius 3 is 2.39 bits per heavy atom. The minimum Gasteiger partial charge on any atom is -0.454 e. The van der Waals surface area contributed by atoms with E-state index < -0.39 is 22.5 Å². The number of carbonyl (C=O) groups excluding carboxylic acids is 1. The molecule has 1 amide bonds. The summed E-state index contributed by atoms with van der Waals surface area (Å²) in [5.74, 6) is 0.575. The van der Waals surface area contributed by atoms with Gasteiger partial charge in [0.2, 0.25) is 6.79 Å². The largest absolute Gasteiger partial charge is 0.454 e. The van der Waals surface area contributed by atoms with Crippen LogP contribution in [0.2, 0.25) is 0 Å². The predicted octanol–water partition coefficient (Wildman–Crippen LogP) is 4.29. The minimum atomic E-state index is -3.99. The van der Waals surface area contributed by atoms with Crippen LogP contribution in [0.3, 0.4) is 0 Å². The van der Waals surface area contributed by atoms with Crippen molar-refractivity contribution in [2.75, 3.05) is 17.6 Å². The first-order valence-corrected chi connectivity index (χ1v) is 12.6. The van der Waals surface area contributed by atoms with Crippen LogP contribution in [0.15, 0.2) is 85.7 Å². The van der Waals surface area contributed by atoms with Crippen molar-refractivity contribution < 1.29 is 22.7 Å². The van der Waals surface area contributed by atoms with Crippen LogP contribution >= 0.6 is 31.9 Å². The first-order valence-electron chi connectivity index (χ1n) is 9.59. The zero-order valence-electron chi connectivity index (χ0n) is 16.9. The Labute approximate surface area is 207 Å². The van der Waals surface area contributed by atoms with Gasteiger partial charge in [-0.1, -0.05) is 34.1 Å². The van der Waals surface area contributed by atoms with Crippen molar-refractivity contribution in [2.45, 2.75) is 4.90 Å². The number of rotatable bonds is 7. The van der Waals surface area contributed by atoms with Gasteiger partial charge in [0.25, 0.3) is 15.9 Å². The molecule has 8 nitrogen and oxygen atoms in total. The first-order chi connectivity index (χ1) is 15.8. The van der Waals surface area contributed by atoms with Crippen LogP contribution < -0.4 is 19.2 Å². The zero-order valence-corrected chi connectivity index (χ0v) is 20.9. The Kier molecular flexibility index (Phi) is 7.01. The molecule has 0 atom stereocenters. The van der Waals surface area contributed by atoms with E-state index in [0.29, 0.717) is 27.2 Å². The van der Waals surface area contributed by atoms with E-state index in [1.54, 1.807) is 54.6 Å². The number of hydrogen-bond acceptors (Lipinski definition) is 6. The monoisotopic (exact) mass is 593 g/mol. The number of amides is 1. The Bertz CT molecular complexity index is 1300. The van der Waals surface area contributed by atoms with Gasteiger partial charge in [0, 0.05) is 14.5 Å². The quantitative estimate of drug-likeness (QED) is 0.325. The summed E-state index contributed by atoms with van der Waals surface area (Å²) in [6.07, 6.45) is 1.43. The highest BCUT2D eigenvalue weighted by molar-refractivity contribution is 9.10. The Balaban J connectivity index is 1.53. The third-order valence-electron chi connectivity index (χ3n) is 4.62. The second kappa shape index (κ2) is 9.94. The van der Waals surface area contributed by atoms with Crippen molar-refractivity contribution in [1.82, 2.24) is 5.43 Å². The molecule has 0 unspecified atom stereocenters. The molecular formula is C22H17Br2N3O5S. The van der Waals surface area contributed by atoms with Gasteiger partial charge in [-0.25, -0.2) is 13.8 Å². The fourth-order valence-corrected chi connectivity index (χ4v) is 5.14. The molecule has 1 N–H and O–H groups in total.